The third kappa shape index (κ3) is 5.48. The van der Waals surface area contributed by atoms with Crippen LogP contribution in [0.1, 0.15) is 48.9 Å². The highest BCUT2D eigenvalue weighted by Crippen LogP contribution is 2.23. The third-order valence-corrected chi connectivity index (χ3v) is 4.33. The number of nitro groups is 1. The predicted molar refractivity (Wildman–Crippen MR) is 89.9 cm³/mol. The highest BCUT2D eigenvalue weighted by molar-refractivity contribution is 6.31. The lowest BCUT2D eigenvalue weighted by atomic mass is 10.1. The summed E-state index contributed by atoms with van der Waals surface area (Å²) in [4.78, 5) is 22.5. The minimum Gasteiger partial charge on any atom is -0.351 e. The van der Waals surface area contributed by atoms with Gasteiger partial charge >= 0.3 is 0 Å². The Bertz CT molecular complexity index is 558. The lowest BCUT2D eigenvalue weighted by Gasteiger charge is -2.16. The second kappa shape index (κ2) is 8.84. The minimum atomic E-state index is -0.593. The molecule has 7 heteroatoms. The molecule has 1 aliphatic carbocycles. The summed E-state index contributed by atoms with van der Waals surface area (Å²) in [5.74, 6) is -0.448. The van der Waals surface area contributed by atoms with Gasteiger partial charge in [0.25, 0.3) is 11.6 Å². The Labute approximate surface area is 140 Å². The summed E-state index contributed by atoms with van der Waals surface area (Å²) in [7, 11) is 0. The average Bonchev–Trinajstić information content (AvgIpc) is 2.80. The summed E-state index contributed by atoms with van der Waals surface area (Å²) in [6.45, 7) is 1.10. The first-order chi connectivity index (χ1) is 11.1. The lowest BCUT2D eigenvalue weighted by molar-refractivity contribution is -0.385. The van der Waals surface area contributed by atoms with E-state index in [0.717, 1.165) is 0 Å². The van der Waals surface area contributed by atoms with E-state index in [9.17, 15) is 14.9 Å². The van der Waals surface area contributed by atoms with E-state index >= 15 is 0 Å². The molecule has 6 nitrogen and oxygen atoms in total. The molecule has 0 aromatic heterocycles. The molecule has 126 valence electrons. The maximum atomic E-state index is 12.1. The fraction of sp³-hybridized carbons (Fsp3) is 0.562. The van der Waals surface area contributed by atoms with Crippen LogP contribution in [0.25, 0.3) is 0 Å². The fourth-order valence-corrected chi connectivity index (χ4v) is 3.05. The summed E-state index contributed by atoms with van der Waals surface area (Å²) in [6.07, 6.45) is 7.46. The predicted octanol–water partition coefficient (Wildman–Crippen LogP) is 3.29. The van der Waals surface area contributed by atoms with E-state index in [1.807, 2.05) is 0 Å². The third-order valence-electron chi connectivity index (χ3n) is 4.10. The van der Waals surface area contributed by atoms with Crippen LogP contribution in [0.3, 0.4) is 0 Å². The first-order valence-electron chi connectivity index (χ1n) is 8.03. The largest absolute Gasteiger partial charge is 0.351 e. The molecule has 0 aliphatic heterocycles. The Balaban J connectivity index is 1.82. The zero-order valence-corrected chi connectivity index (χ0v) is 13.8. The summed E-state index contributed by atoms with van der Waals surface area (Å²) in [6, 6.07) is 4.57. The number of nitro benzene ring substituents is 1. The van der Waals surface area contributed by atoms with E-state index in [2.05, 4.69) is 10.6 Å². The molecule has 1 aromatic carbocycles. The molecule has 1 saturated carbocycles. The van der Waals surface area contributed by atoms with Gasteiger partial charge in [-0.1, -0.05) is 37.3 Å². The van der Waals surface area contributed by atoms with Crippen molar-refractivity contribution in [3.05, 3.63) is 38.9 Å². The van der Waals surface area contributed by atoms with Crippen molar-refractivity contribution in [1.82, 2.24) is 10.6 Å². The van der Waals surface area contributed by atoms with Crippen LogP contribution in [0.15, 0.2) is 18.2 Å². The molecule has 0 radical (unpaired) electrons. The normalized spacial score (nSPS) is 15.9. The molecule has 2 rings (SSSR count). The quantitative estimate of drug-likeness (QED) is 0.360. The Hall–Kier alpha value is -1.66. The molecule has 1 aromatic rings. The zero-order chi connectivity index (χ0) is 16.7. The van der Waals surface area contributed by atoms with Crippen molar-refractivity contribution in [2.75, 3.05) is 13.1 Å². The molecule has 1 amide bonds. The molecule has 1 fully saturated rings. The van der Waals surface area contributed by atoms with Crippen molar-refractivity contribution in [1.29, 1.82) is 0 Å². The Morgan fingerprint density at radius 1 is 1.22 bits per heavy atom. The van der Waals surface area contributed by atoms with Crippen LogP contribution in [-0.2, 0) is 0 Å². The van der Waals surface area contributed by atoms with E-state index in [0.29, 0.717) is 19.1 Å². The standard InChI is InChI=1S/C16H22ClN3O3/c17-12-7-8-14(15(11-12)20(22)23)16(21)19-10-9-18-13-5-3-1-2-4-6-13/h7-8,11,13,18H,1-6,9-10H2,(H,19,21). The fourth-order valence-electron chi connectivity index (χ4n) is 2.88. The minimum absolute atomic E-state index is 0.0360. The molecular weight excluding hydrogens is 318 g/mol. The maximum Gasteiger partial charge on any atom is 0.283 e. The second-order valence-electron chi connectivity index (χ2n) is 5.82. The van der Waals surface area contributed by atoms with Gasteiger partial charge in [0.15, 0.2) is 0 Å². The van der Waals surface area contributed by atoms with Crippen molar-refractivity contribution >= 4 is 23.2 Å². The van der Waals surface area contributed by atoms with Gasteiger partial charge in [0.05, 0.1) is 4.92 Å². The summed E-state index contributed by atoms with van der Waals surface area (Å²) in [5.41, 5.74) is -0.236. The number of carbonyl (C=O) groups excluding carboxylic acids is 1. The Morgan fingerprint density at radius 2 is 1.91 bits per heavy atom. The van der Waals surface area contributed by atoms with Crippen molar-refractivity contribution in [3.63, 3.8) is 0 Å². The topological polar surface area (TPSA) is 84.3 Å². The first-order valence-corrected chi connectivity index (χ1v) is 8.41. The smallest absolute Gasteiger partial charge is 0.283 e. The second-order valence-corrected chi connectivity index (χ2v) is 6.25. The number of hydrogen-bond acceptors (Lipinski definition) is 4. The number of hydrogen-bond donors (Lipinski definition) is 2. The zero-order valence-electron chi connectivity index (χ0n) is 13.0. The van der Waals surface area contributed by atoms with Gasteiger partial charge in [0.2, 0.25) is 0 Å². The van der Waals surface area contributed by atoms with Crippen LogP contribution in [0, 0.1) is 10.1 Å². The average molecular weight is 340 g/mol. The molecule has 2 N–H and O–H groups in total. The SMILES string of the molecule is O=C(NCCNC1CCCCCC1)c1ccc(Cl)cc1[N+](=O)[O-]. The van der Waals surface area contributed by atoms with Gasteiger partial charge in [-0.15, -0.1) is 0 Å². The molecular formula is C16H22ClN3O3. The van der Waals surface area contributed by atoms with Gasteiger partial charge in [0.1, 0.15) is 5.56 Å². The molecule has 0 spiro atoms. The van der Waals surface area contributed by atoms with Gasteiger partial charge < -0.3 is 10.6 Å². The van der Waals surface area contributed by atoms with Gasteiger partial charge in [-0.05, 0) is 25.0 Å². The molecule has 0 unspecified atom stereocenters. The van der Waals surface area contributed by atoms with Gasteiger partial charge in [-0.2, -0.15) is 0 Å². The van der Waals surface area contributed by atoms with Gasteiger partial charge in [-0.25, -0.2) is 0 Å². The van der Waals surface area contributed by atoms with Crippen LogP contribution in [0.4, 0.5) is 5.69 Å². The molecule has 0 bridgehead atoms. The van der Waals surface area contributed by atoms with Crippen molar-refractivity contribution in [2.24, 2.45) is 0 Å². The number of benzene rings is 1. The van der Waals surface area contributed by atoms with Crippen molar-refractivity contribution < 1.29 is 9.72 Å². The highest BCUT2D eigenvalue weighted by Gasteiger charge is 2.20. The lowest BCUT2D eigenvalue weighted by Crippen LogP contribution is -2.37. The number of nitrogens with one attached hydrogen (secondary N) is 2. The molecule has 0 saturated heterocycles. The number of amides is 1. The molecule has 0 heterocycles. The van der Waals surface area contributed by atoms with Crippen LogP contribution in [-0.4, -0.2) is 30.0 Å². The number of nitrogens with zero attached hydrogens (tertiary/aromatic N) is 1. The van der Waals surface area contributed by atoms with Crippen molar-refractivity contribution in [2.45, 2.75) is 44.6 Å². The van der Waals surface area contributed by atoms with E-state index in [1.165, 1.54) is 56.7 Å². The number of rotatable bonds is 6. The van der Waals surface area contributed by atoms with E-state index in [1.54, 1.807) is 0 Å². The Morgan fingerprint density at radius 3 is 2.57 bits per heavy atom. The van der Waals surface area contributed by atoms with E-state index in [4.69, 9.17) is 11.6 Å². The van der Waals surface area contributed by atoms with E-state index in [-0.39, 0.29) is 16.3 Å². The maximum absolute atomic E-state index is 12.1. The molecule has 0 atom stereocenters. The van der Waals surface area contributed by atoms with Crippen LogP contribution < -0.4 is 10.6 Å². The monoisotopic (exact) mass is 339 g/mol. The Kier molecular flexibility index (Phi) is 6.80. The number of carbonyl (C=O) groups is 1. The molecule has 1 aliphatic rings. The highest BCUT2D eigenvalue weighted by atomic mass is 35.5. The van der Waals surface area contributed by atoms with Gasteiger partial charge in [0, 0.05) is 30.2 Å². The van der Waals surface area contributed by atoms with Crippen LogP contribution in [0.5, 0.6) is 0 Å². The van der Waals surface area contributed by atoms with E-state index < -0.39 is 10.8 Å². The summed E-state index contributed by atoms with van der Waals surface area (Å²) < 4.78 is 0. The van der Waals surface area contributed by atoms with Crippen LogP contribution >= 0.6 is 11.6 Å². The first kappa shape index (κ1) is 17.7. The van der Waals surface area contributed by atoms with Crippen LogP contribution in [0.2, 0.25) is 5.02 Å². The summed E-state index contributed by atoms with van der Waals surface area (Å²) >= 11 is 5.75. The van der Waals surface area contributed by atoms with Crippen molar-refractivity contribution in [3.8, 4) is 0 Å². The molecule has 23 heavy (non-hydrogen) atoms. The number of halogens is 1. The summed E-state index contributed by atoms with van der Waals surface area (Å²) in [5, 5.41) is 17.4. The van der Waals surface area contributed by atoms with Gasteiger partial charge in [-0.3, -0.25) is 14.9 Å².